The smallest absolute Gasteiger partial charge is 0.323 e. The van der Waals surface area contributed by atoms with Gasteiger partial charge in [-0.1, -0.05) is 24.3 Å². The summed E-state index contributed by atoms with van der Waals surface area (Å²) in [5.74, 6) is -13.2. The molecule has 3 aromatic rings. The summed E-state index contributed by atoms with van der Waals surface area (Å²) in [5, 5.41) is 0. The van der Waals surface area contributed by atoms with E-state index in [1.54, 1.807) is 0 Å². The minimum absolute atomic E-state index is 0.395. The van der Waals surface area contributed by atoms with Crippen LogP contribution in [0.15, 0.2) is 72.8 Å². The third-order valence-corrected chi connectivity index (χ3v) is 8.12. The molecule has 0 saturated carbocycles. The summed E-state index contributed by atoms with van der Waals surface area (Å²) in [5.41, 5.74) is -3.30. The van der Waals surface area contributed by atoms with Crippen molar-refractivity contribution in [2.45, 2.75) is 23.9 Å². The highest BCUT2D eigenvalue weighted by atomic mass is 31.2. The van der Waals surface area contributed by atoms with Crippen LogP contribution in [0.1, 0.15) is 22.7 Å². The molecule has 20 heteroatoms. The highest BCUT2D eigenvalue weighted by molar-refractivity contribution is 7.52. The van der Waals surface area contributed by atoms with Crippen molar-refractivity contribution >= 4 is 38.4 Å². The number of carbonyl (C=O) groups excluding carboxylic acids is 2. The van der Waals surface area contributed by atoms with Crippen LogP contribution in [0.25, 0.3) is 0 Å². The van der Waals surface area contributed by atoms with Gasteiger partial charge < -0.3 is 19.6 Å². The molecule has 0 aliphatic carbocycles. The third kappa shape index (κ3) is 7.88. The van der Waals surface area contributed by atoms with Gasteiger partial charge in [0.15, 0.2) is 11.6 Å². The number of benzene rings is 3. The summed E-state index contributed by atoms with van der Waals surface area (Å²) >= 11 is 0. The van der Waals surface area contributed by atoms with E-state index < -0.39 is 94.9 Å². The predicted octanol–water partition coefficient (Wildman–Crippen LogP) is 5.51. The standard InChI is InChI=1S/C24H18F8N2O8P2/c25-15-5-9-17(10-6-15)33(21(35)23(27,28)29)19(43(37,38)39)13-1-2-14(4-3-13)20(44(40,41)42)34(22(36)24(30,31)32)18-11-7-16(26)8-12-18/h1-12,19-20H,(H2,37,38,39)(H2,40,41,42). The first-order valence-corrected chi connectivity index (χ1v) is 14.9. The van der Waals surface area contributed by atoms with Gasteiger partial charge in [-0.3, -0.25) is 28.5 Å². The number of nitrogens with zero attached hydrogens (tertiary/aromatic N) is 2. The molecule has 0 heterocycles. The van der Waals surface area contributed by atoms with E-state index in [1.165, 1.54) is 0 Å². The van der Waals surface area contributed by atoms with E-state index >= 15 is 0 Å². The number of hydrogen-bond acceptors (Lipinski definition) is 4. The van der Waals surface area contributed by atoms with Gasteiger partial charge in [0.25, 0.3) is 0 Å². The van der Waals surface area contributed by atoms with Crippen LogP contribution in [-0.2, 0) is 18.7 Å². The monoisotopic (exact) mass is 676 g/mol. The van der Waals surface area contributed by atoms with Crippen molar-refractivity contribution in [2.75, 3.05) is 9.80 Å². The van der Waals surface area contributed by atoms with Crippen LogP contribution < -0.4 is 9.80 Å². The van der Waals surface area contributed by atoms with E-state index in [1.807, 2.05) is 0 Å². The van der Waals surface area contributed by atoms with Crippen molar-refractivity contribution in [3.05, 3.63) is 95.6 Å². The van der Waals surface area contributed by atoms with Gasteiger partial charge in [0.1, 0.15) is 11.6 Å². The number of carbonyl (C=O) groups is 2. The van der Waals surface area contributed by atoms with E-state index in [-0.39, 0.29) is 0 Å². The summed E-state index contributed by atoms with van der Waals surface area (Å²) in [6.07, 6.45) is -11.5. The van der Waals surface area contributed by atoms with E-state index in [4.69, 9.17) is 0 Å². The average Bonchev–Trinajstić information content (AvgIpc) is 2.88. The topological polar surface area (TPSA) is 156 Å². The molecule has 238 valence electrons. The second-order valence-electron chi connectivity index (χ2n) is 8.89. The van der Waals surface area contributed by atoms with Crippen LogP contribution in [0.4, 0.5) is 46.5 Å². The highest BCUT2D eigenvalue weighted by Crippen LogP contribution is 2.58. The van der Waals surface area contributed by atoms with Gasteiger partial charge >= 0.3 is 39.4 Å². The molecular weight excluding hydrogens is 658 g/mol. The third-order valence-electron chi connectivity index (χ3n) is 5.79. The lowest BCUT2D eigenvalue weighted by Crippen LogP contribution is -2.44. The van der Waals surface area contributed by atoms with Gasteiger partial charge in [0.2, 0.25) is 0 Å². The van der Waals surface area contributed by atoms with Crippen LogP contribution >= 0.6 is 15.2 Å². The van der Waals surface area contributed by atoms with Crippen molar-refractivity contribution in [2.24, 2.45) is 0 Å². The summed E-state index contributed by atoms with van der Waals surface area (Å²) in [4.78, 5) is 63.9. The van der Waals surface area contributed by atoms with Gasteiger partial charge in [-0.25, -0.2) is 8.78 Å². The maximum absolute atomic E-state index is 13.5. The summed E-state index contributed by atoms with van der Waals surface area (Å²) in [6, 6.07) is 6.91. The minimum atomic E-state index is -5.83. The Morgan fingerprint density at radius 3 is 1.00 bits per heavy atom. The molecule has 3 aromatic carbocycles. The van der Waals surface area contributed by atoms with Crippen molar-refractivity contribution in [1.82, 2.24) is 0 Å². The zero-order valence-electron chi connectivity index (χ0n) is 21.3. The number of anilines is 2. The van der Waals surface area contributed by atoms with E-state index in [9.17, 15) is 73.4 Å². The second-order valence-corrected chi connectivity index (χ2v) is 12.2. The fourth-order valence-corrected chi connectivity index (χ4v) is 6.24. The average molecular weight is 676 g/mol. The van der Waals surface area contributed by atoms with Crippen molar-refractivity contribution in [1.29, 1.82) is 0 Å². The SMILES string of the molecule is O=C(N(c1ccc(F)cc1)C(c1ccc(C(N(C(=O)C(F)(F)F)c2ccc(F)cc2)P(=O)(O)O)cc1)P(=O)(O)O)C(F)(F)F. The largest absolute Gasteiger partial charge is 0.471 e. The van der Waals surface area contributed by atoms with E-state index in [0.717, 1.165) is 0 Å². The molecule has 0 aromatic heterocycles. The number of rotatable bonds is 8. The molecule has 2 unspecified atom stereocenters. The van der Waals surface area contributed by atoms with Gasteiger partial charge in [-0.15, -0.1) is 0 Å². The molecule has 0 spiro atoms. The summed E-state index contributed by atoms with van der Waals surface area (Å²) < 4.78 is 133. The maximum atomic E-state index is 13.5. The van der Waals surface area contributed by atoms with Crippen molar-refractivity contribution in [3.8, 4) is 0 Å². The van der Waals surface area contributed by atoms with Crippen molar-refractivity contribution < 1.29 is 73.4 Å². The first-order chi connectivity index (χ1) is 20.0. The van der Waals surface area contributed by atoms with Gasteiger partial charge in [0.05, 0.1) is 0 Å². The molecule has 2 amide bonds. The van der Waals surface area contributed by atoms with Crippen LogP contribution in [0, 0.1) is 11.6 Å². The Balaban J connectivity index is 2.23. The predicted molar refractivity (Wildman–Crippen MR) is 136 cm³/mol. The molecule has 10 nitrogen and oxygen atoms in total. The summed E-state index contributed by atoms with van der Waals surface area (Å²) in [6.45, 7) is 0. The fourth-order valence-electron chi connectivity index (χ4n) is 4.04. The Bertz CT molecular complexity index is 1490. The molecule has 3 rings (SSSR count). The normalized spacial score (nSPS) is 14.1. The van der Waals surface area contributed by atoms with Gasteiger partial charge in [-0.05, 0) is 59.7 Å². The van der Waals surface area contributed by atoms with Gasteiger partial charge in [0, 0.05) is 11.4 Å². The first kappa shape index (κ1) is 34.8. The molecule has 0 aliphatic heterocycles. The lowest BCUT2D eigenvalue weighted by atomic mass is 10.1. The van der Waals surface area contributed by atoms with E-state index in [0.29, 0.717) is 72.8 Å². The molecule has 2 atom stereocenters. The first-order valence-electron chi connectivity index (χ1n) is 11.6. The second kappa shape index (κ2) is 12.4. The molecule has 44 heavy (non-hydrogen) atoms. The molecule has 0 radical (unpaired) electrons. The van der Waals surface area contributed by atoms with Crippen LogP contribution in [-0.4, -0.2) is 43.7 Å². The number of halogens is 8. The fraction of sp³-hybridized carbons (Fsp3) is 0.167. The lowest BCUT2D eigenvalue weighted by Gasteiger charge is -2.34. The molecule has 0 fully saturated rings. The number of alkyl halides is 6. The van der Waals surface area contributed by atoms with Gasteiger partial charge in [-0.2, -0.15) is 26.3 Å². The van der Waals surface area contributed by atoms with Crippen molar-refractivity contribution in [3.63, 3.8) is 0 Å². The Labute approximate surface area is 241 Å². The Morgan fingerprint density at radius 2 is 0.795 bits per heavy atom. The van der Waals surface area contributed by atoms with Crippen LogP contribution in [0.3, 0.4) is 0 Å². The zero-order valence-corrected chi connectivity index (χ0v) is 23.1. The van der Waals surface area contributed by atoms with E-state index in [2.05, 4.69) is 0 Å². The van der Waals surface area contributed by atoms with Crippen LogP contribution in [0.5, 0.6) is 0 Å². The lowest BCUT2D eigenvalue weighted by molar-refractivity contribution is -0.170. The molecule has 0 bridgehead atoms. The molecule has 0 aliphatic rings. The minimum Gasteiger partial charge on any atom is -0.323 e. The van der Waals surface area contributed by atoms with Crippen LogP contribution in [0.2, 0.25) is 0 Å². The zero-order chi connectivity index (χ0) is 33.4. The molecular formula is C24H18F8N2O8P2. The number of amides is 2. The summed E-state index contributed by atoms with van der Waals surface area (Å²) in [7, 11) is -11.7. The Hall–Kier alpha value is -3.66. The molecule has 0 saturated heterocycles. The molecule has 4 N–H and O–H groups in total. The quantitative estimate of drug-likeness (QED) is 0.180. The number of hydrogen-bond donors (Lipinski definition) is 4. The maximum Gasteiger partial charge on any atom is 0.471 e. The highest BCUT2D eigenvalue weighted by Gasteiger charge is 2.52. The Morgan fingerprint density at radius 1 is 0.545 bits per heavy atom. The Kier molecular flexibility index (Phi) is 9.80.